The highest BCUT2D eigenvalue weighted by molar-refractivity contribution is 5.94. The van der Waals surface area contributed by atoms with Crippen molar-refractivity contribution in [2.75, 3.05) is 13.2 Å². The smallest absolute Gasteiger partial charge is 0.413 e. The van der Waals surface area contributed by atoms with E-state index in [9.17, 15) is 14.4 Å². The van der Waals surface area contributed by atoms with E-state index in [1.165, 1.54) is 12.3 Å². The number of nitrogens with one attached hydrogen (secondary N) is 1. The highest BCUT2D eigenvalue weighted by Crippen LogP contribution is 2.09. The van der Waals surface area contributed by atoms with E-state index in [2.05, 4.69) is 14.7 Å². The van der Waals surface area contributed by atoms with Gasteiger partial charge in [-0.3, -0.25) is 15.1 Å². The molecule has 0 fully saturated rings. The fourth-order valence-corrected chi connectivity index (χ4v) is 1.71. The second kappa shape index (κ2) is 8.37. The molecule has 0 spiro atoms. The van der Waals surface area contributed by atoms with Crippen molar-refractivity contribution in [3.05, 3.63) is 42.2 Å². The number of hydrogen-bond donors (Lipinski definition) is 1. The van der Waals surface area contributed by atoms with E-state index in [4.69, 9.17) is 4.74 Å². The van der Waals surface area contributed by atoms with Crippen LogP contribution in [-0.2, 0) is 19.1 Å². The Kier molecular flexibility index (Phi) is 5.95. The topological polar surface area (TPSA) is 107 Å². The standard InChI is InChI=1S/C16H15N3O5/c1-2-23-16(22)19-14(20)10-24-15(21)8-7-11-9-17-12-5-3-4-6-13(12)18-11/h3-9H,2,10H2,1H3,(H,19,20,22)/b8-7+. The second-order valence-electron chi connectivity index (χ2n) is 4.49. The number of ether oxygens (including phenoxy) is 2. The summed E-state index contributed by atoms with van der Waals surface area (Å²) in [6, 6.07) is 7.32. The Balaban J connectivity index is 1.85. The molecule has 0 saturated carbocycles. The van der Waals surface area contributed by atoms with Gasteiger partial charge in [0.1, 0.15) is 0 Å². The molecule has 0 aliphatic rings. The molecule has 0 radical (unpaired) electrons. The lowest BCUT2D eigenvalue weighted by atomic mass is 10.3. The largest absolute Gasteiger partial charge is 0.452 e. The number of carbonyl (C=O) groups excluding carboxylic acids is 3. The molecule has 1 aromatic heterocycles. The van der Waals surface area contributed by atoms with Crippen molar-refractivity contribution in [3.8, 4) is 0 Å². The number of imide groups is 1. The van der Waals surface area contributed by atoms with Gasteiger partial charge >= 0.3 is 12.1 Å². The summed E-state index contributed by atoms with van der Waals surface area (Å²) >= 11 is 0. The number of benzene rings is 1. The lowest BCUT2D eigenvalue weighted by Crippen LogP contribution is -2.34. The molecule has 124 valence electrons. The van der Waals surface area contributed by atoms with E-state index in [0.29, 0.717) is 11.2 Å². The van der Waals surface area contributed by atoms with Gasteiger partial charge in [-0.25, -0.2) is 14.6 Å². The number of fused-ring (bicyclic) bond motifs is 1. The van der Waals surface area contributed by atoms with Crippen LogP contribution in [0.5, 0.6) is 0 Å². The molecule has 2 amide bonds. The molecule has 2 aromatic rings. The summed E-state index contributed by atoms with van der Waals surface area (Å²) in [7, 11) is 0. The quantitative estimate of drug-likeness (QED) is 0.653. The maximum atomic E-state index is 11.5. The van der Waals surface area contributed by atoms with Gasteiger partial charge in [0, 0.05) is 6.08 Å². The molecule has 0 saturated heterocycles. The Morgan fingerprint density at radius 3 is 2.67 bits per heavy atom. The van der Waals surface area contributed by atoms with Gasteiger partial charge in [0.05, 0.1) is 29.5 Å². The van der Waals surface area contributed by atoms with Gasteiger partial charge < -0.3 is 9.47 Å². The Labute approximate surface area is 137 Å². The molecule has 1 N–H and O–H groups in total. The molecule has 0 unspecified atom stereocenters. The van der Waals surface area contributed by atoms with Crippen molar-refractivity contribution >= 4 is 35.1 Å². The minimum Gasteiger partial charge on any atom is -0.452 e. The van der Waals surface area contributed by atoms with Gasteiger partial charge in [0.15, 0.2) is 6.61 Å². The van der Waals surface area contributed by atoms with Crippen molar-refractivity contribution in [1.82, 2.24) is 15.3 Å². The van der Waals surface area contributed by atoms with E-state index in [-0.39, 0.29) is 6.61 Å². The van der Waals surface area contributed by atoms with Crippen molar-refractivity contribution in [2.24, 2.45) is 0 Å². The molecule has 0 aliphatic carbocycles. The Hall–Kier alpha value is -3.29. The van der Waals surface area contributed by atoms with Gasteiger partial charge in [-0.15, -0.1) is 0 Å². The second-order valence-corrected chi connectivity index (χ2v) is 4.49. The Bertz CT molecular complexity index is 788. The van der Waals surface area contributed by atoms with Gasteiger partial charge in [-0.1, -0.05) is 12.1 Å². The molecule has 8 heteroatoms. The number of hydrogen-bond acceptors (Lipinski definition) is 7. The van der Waals surface area contributed by atoms with E-state index in [0.717, 1.165) is 11.6 Å². The van der Waals surface area contributed by atoms with Crippen LogP contribution in [0.15, 0.2) is 36.5 Å². The lowest BCUT2D eigenvalue weighted by molar-refractivity contribution is -0.143. The molecule has 1 aromatic carbocycles. The number of alkyl carbamates (subject to hydrolysis) is 1. The van der Waals surface area contributed by atoms with E-state index < -0.39 is 24.6 Å². The van der Waals surface area contributed by atoms with E-state index in [1.54, 1.807) is 13.0 Å². The van der Waals surface area contributed by atoms with Crippen molar-refractivity contribution in [1.29, 1.82) is 0 Å². The molecular weight excluding hydrogens is 314 g/mol. The summed E-state index contributed by atoms with van der Waals surface area (Å²) in [5.41, 5.74) is 1.91. The fraction of sp³-hybridized carbons (Fsp3) is 0.188. The van der Waals surface area contributed by atoms with Gasteiger partial charge in [0.25, 0.3) is 5.91 Å². The predicted octanol–water partition coefficient (Wildman–Crippen LogP) is 1.46. The summed E-state index contributed by atoms with van der Waals surface area (Å²) in [5, 5.41) is 1.91. The fourth-order valence-electron chi connectivity index (χ4n) is 1.71. The highest BCUT2D eigenvalue weighted by Gasteiger charge is 2.10. The molecule has 0 bridgehead atoms. The first-order valence-corrected chi connectivity index (χ1v) is 7.11. The summed E-state index contributed by atoms with van der Waals surface area (Å²) < 4.78 is 9.22. The van der Waals surface area contributed by atoms with Crippen molar-refractivity contribution < 1.29 is 23.9 Å². The van der Waals surface area contributed by atoms with Crippen molar-refractivity contribution in [2.45, 2.75) is 6.92 Å². The Morgan fingerprint density at radius 2 is 1.92 bits per heavy atom. The molecule has 24 heavy (non-hydrogen) atoms. The zero-order valence-electron chi connectivity index (χ0n) is 12.9. The zero-order valence-corrected chi connectivity index (χ0v) is 12.9. The summed E-state index contributed by atoms with van der Waals surface area (Å²) in [6.45, 7) is 1.14. The van der Waals surface area contributed by atoms with Crippen LogP contribution in [0.3, 0.4) is 0 Å². The summed E-state index contributed by atoms with van der Waals surface area (Å²) in [5.74, 6) is -1.52. The average Bonchev–Trinajstić information content (AvgIpc) is 2.58. The van der Waals surface area contributed by atoms with Crippen LogP contribution in [0.2, 0.25) is 0 Å². The minimum atomic E-state index is -0.888. The number of aromatic nitrogens is 2. The summed E-state index contributed by atoms with van der Waals surface area (Å²) in [6.07, 6.45) is 3.17. The van der Waals surface area contributed by atoms with Crippen LogP contribution < -0.4 is 5.32 Å². The molecule has 2 rings (SSSR count). The highest BCUT2D eigenvalue weighted by atomic mass is 16.6. The molecule has 1 heterocycles. The maximum absolute atomic E-state index is 11.5. The van der Waals surface area contributed by atoms with E-state index >= 15 is 0 Å². The van der Waals surface area contributed by atoms with Crippen LogP contribution in [0.4, 0.5) is 4.79 Å². The minimum absolute atomic E-state index is 0.133. The van der Waals surface area contributed by atoms with E-state index in [1.807, 2.05) is 23.5 Å². The molecule has 0 aliphatic heterocycles. The number of para-hydroxylation sites is 2. The molecule has 8 nitrogen and oxygen atoms in total. The number of esters is 1. The van der Waals surface area contributed by atoms with Gasteiger partial charge in [0.2, 0.25) is 0 Å². The monoisotopic (exact) mass is 329 g/mol. The number of amides is 2. The summed E-state index contributed by atoms with van der Waals surface area (Å²) in [4.78, 5) is 42.4. The SMILES string of the molecule is CCOC(=O)NC(=O)COC(=O)/C=C/c1cnc2ccccc2n1. The Morgan fingerprint density at radius 1 is 1.17 bits per heavy atom. The first-order chi connectivity index (χ1) is 11.6. The van der Waals surface area contributed by atoms with Crippen LogP contribution >= 0.6 is 0 Å². The predicted molar refractivity (Wildman–Crippen MR) is 84.7 cm³/mol. The first-order valence-electron chi connectivity index (χ1n) is 7.11. The number of rotatable bonds is 5. The van der Waals surface area contributed by atoms with Crippen molar-refractivity contribution in [3.63, 3.8) is 0 Å². The van der Waals surface area contributed by atoms with Crippen LogP contribution in [0.1, 0.15) is 12.6 Å². The van der Waals surface area contributed by atoms with Gasteiger partial charge in [-0.05, 0) is 25.1 Å². The third kappa shape index (κ3) is 5.16. The molecular formula is C16H15N3O5. The van der Waals surface area contributed by atoms with Crippen LogP contribution in [0.25, 0.3) is 17.1 Å². The molecule has 0 atom stereocenters. The maximum Gasteiger partial charge on any atom is 0.413 e. The van der Waals surface area contributed by atoms with Crippen LogP contribution in [0, 0.1) is 0 Å². The third-order valence-corrected chi connectivity index (χ3v) is 2.72. The first kappa shape index (κ1) is 17.1. The third-order valence-electron chi connectivity index (χ3n) is 2.72. The van der Waals surface area contributed by atoms with Crippen LogP contribution in [-0.4, -0.2) is 41.2 Å². The normalized spacial score (nSPS) is 10.5. The van der Waals surface area contributed by atoms with Gasteiger partial charge in [-0.2, -0.15) is 0 Å². The number of nitrogens with zero attached hydrogens (tertiary/aromatic N) is 2. The zero-order chi connectivity index (χ0) is 17.4. The lowest BCUT2D eigenvalue weighted by Gasteiger charge is -2.04. The number of carbonyl (C=O) groups is 3. The average molecular weight is 329 g/mol.